The number of carbonyl (C=O) groups excluding carboxylic acids is 1. The van der Waals surface area contributed by atoms with Crippen molar-refractivity contribution in [1.29, 1.82) is 0 Å². The minimum atomic E-state index is -0.315. The van der Waals surface area contributed by atoms with Gasteiger partial charge in [-0.2, -0.15) is 0 Å². The summed E-state index contributed by atoms with van der Waals surface area (Å²) >= 11 is 0. The summed E-state index contributed by atoms with van der Waals surface area (Å²) in [6.45, 7) is 3.56. The van der Waals surface area contributed by atoms with E-state index in [1.165, 1.54) is 18.9 Å². The molecule has 1 heterocycles. The van der Waals surface area contributed by atoms with Gasteiger partial charge in [-0.1, -0.05) is 0 Å². The molecule has 0 unspecified atom stereocenters. The quantitative estimate of drug-likeness (QED) is 0.870. The summed E-state index contributed by atoms with van der Waals surface area (Å²) in [6, 6.07) is 4.57. The Balaban J connectivity index is 1.70. The second kappa shape index (κ2) is 7.62. The van der Waals surface area contributed by atoms with Crippen LogP contribution in [-0.4, -0.2) is 36.0 Å². The summed E-state index contributed by atoms with van der Waals surface area (Å²) in [5.41, 5.74) is 7.03. The van der Waals surface area contributed by atoms with E-state index in [-0.39, 0.29) is 30.4 Å². The third kappa shape index (κ3) is 4.14. The number of hydrogen-bond acceptors (Lipinski definition) is 3. The molecule has 24 heavy (non-hydrogen) atoms. The maximum Gasteiger partial charge on any atom is 0.254 e. The van der Waals surface area contributed by atoms with Gasteiger partial charge in [0, 0.05) is 36.4 Å². The lowest BCUT2D eigenvalue weighted by Gasteiger charge is -2.38. The van der Waals surface area contributed by atoms with E-state index in [9.17, 15) is 9.18 Å². The molecule has 2 aliphatic rings. The van der Waals surface area contributed by atoms with Gasteiger partial charge in [-0.25, -0.2) is 4.39 Å². The number of benzene rings is 1. The monoisotopic (exact) mass is 334 g/mol. The minimum Gasteiger partial charge on any atom is -0.376 e. The fraction of sp³-hybridized carbons (Fsp3) is 0.632. The van der Waals surface area contributed by atoms with Crippen molar-refractivity contribution in [3.8, 4) is 0 Å². The number of nitrogens with zero attached hydrogens (tertiary/aromatic N) is 1. The average Bonchev–Trinajstić information content (AvgIpc) is 3.40. The van der Waals surface area contributed by atoms with E-state index >= 15 is 0 Å². The number of likely N-dealkylation sites (tertiary alicyclic amines) is 1. The standard InChI is InChI=1S/C19H27FN2O2/c1-13(21)18-4-2-3-9-22(18)19(23)15-7-8-17(20)16(10-15)12-24-11-14-5-6-14/h7-8,10,13-14,18H,2-6,9,11-12,21H2,1H3/t13-,18+/m0/s1. The molecule has 0 radical (unpaired) electrons. The van der Waals surface area contributed by atoms with Gasteiger partial charge in [0.25, 0.3) is 5.91 Å². The van der Waals surface area contributed by atoms with E-state index in [1.807, 2.05) is 11.8 Å². The number of nitrogens with two attached hydrogens (primary N) is 1. The number of halogens is 1. The molecule has 4 nitrogen and oxygen atoms in total. The Hall–Kier alpha value is -1.46. The van der Waals surface area contributed by atoms with Crippen LogP contribution in [0.15, 0.2) is 18.2 Å². The van der Waals surface area contributed by atoms with Gasteiger partial charge in [-0.05, 0) is 63.1 Å². The van der Waals surface area contributed by atoms with Gasteiger partial charge in [-0.3, -0.25) is 4.79 Å². The van der Waals surface area contributed by atoms with Crippen molar-refractivity contribution in [3.05, 3.63) is 35.1 Å². The van der Waals surface area contributed by atoms with Gasteiger partial charge in [0.15, 0.2) is 0 Å². The molecule has 5 heteroatoms. The van der Waals surface area contributed by atoms with Gasteiger partial charge < -0.3 is 15.4 Å². The van der Waals surface area contributed by atoms with Crippen molar-refractivity contribution in [2.75, 3.05) is 13.2 Å². The first-order valence-electron chi connectivity index (χ1n) is 8.99. The molecule has 3 rings (SSSR count). The second-order valence-corrected chi connectivity index (χ2v) is 7.19. The number of piperidine rings is 1. The van der Waals surface area contributed by atoms with Crippen LogP contribution in [0.1, 0.15) is 54.9 Å². The van der Waals surface area contributed by atoms with Gasteiger partial charge in [0.2, 0.25) is 0 Å². The maximum atomic E-state index is 14.0. The molecule has 2 fully saturated rings. The van der Waals surface area contributed by atoms with Gasteiger partial charge >= 0.3 is 0 Å². The molecular formula is C19H27FN2O2. The van der Waals surface area contributed by atoms with Crippen LogP contribution in [0.5, 0.6) is 0 Å². The van der Waals surface area contributed by atoms with E-state index in [4.69, 9.17) is 10.5 Å². The Morgan fingerprint density at radius 3 is 2.88 bits per heavy atom. The van der Waals surface area contributed by atoms with Crippen molar-refractivity contribution in [2.45, 2.75) is 57.7 Å². The number of rotatable bonds is 6. The van der Waals surface area contributed by atoms with Crippen LogP contribution in [0.3, 0.4) is 0 Å². The van der Waals surface area contributed by atoms with E-state index in [0.29, 0.717) is 23.7 Å². The Morgan fingerprint density at radius 2 is 2.17 bits per heavy atom. The predicted octanol–water partition coefficient (Wildman–Crippen LogP) is 3.09. The van der Waals surface area contributed by atoms with Crippen LogP contribution >= 0.6 is 0 Å². The van der Waals surface area contributed by atoms with Crippen LogP contribution in [0.25, 0.3) is 0 Å². The molecule has 1 saturated carbocycles. The highest BCUT2D eigenvalue weighted by atomic mass is 19.1. The third-order valence-corrected chi connectivity index (χ3v) is 5.02. The van der Waals surface area contributed by atoms with Crippen molar-refractivity contribution < 1.29 is 13.9 Å². The fourth-order valence-corrected chi connectivity index (χ4v) is 3.36. The van der Waals surface area contributed by atoms with E-state index in [2.05, 4.69) is 0 Å². The molecule has 0 aromatic heterocycles. The molecule has 2 N–H and O–H groups in total. The Labute approximate surface area is 143 Å². The third-order valence-electron chi connectivity index (χ3n) is 5.02. The highest BCUT2D eigenvalue weighted by Crippen LogP contribution is 2.29. The lowest BCUT2D eigenvalue weighted by molar-refractivity contribution is 0.0583. The van der Waals surface area contributed by atoms with Crippen molar-refractivity contribution >= 4 is 5.91 Å². The molecule has 1 saturated heterocycles. The first-order valence-corrected chi connectivity index (χ1v) is 8.99. The first kappa shape index (κ1) is 17.4. The van der Waals surface area contributed by atoms with E-state index < -0.39 is 0 Å². The van der Waals surface area contributed by atoms with Crippen molar-refractivity contribution in [1.82, 2.24) is 4.90 Å². The molecule has 1 aliphatic heterocycles. The normalized spacial score (nSPS) is 22.5. The lowest BCUT2D eigenvalue weighted by atomic mass is 9.95. The summed E-state index contributed by atoms with van der Waals surface area (Å²) in [5.74, 6) is 0.267. The summed E-state index contributed by atoms with van der Waals surface area (Å²) in [7, 11) is 0. The topological polar surface area (TPSA) is 55.6 Å². The highest BCUT2D eigenvalue weighted by Gasteiger charge is 2.30. The van der Waals surface area contributed by atoms with E-state index in [0.717, 1.165) is 25.8 Å². The van der Waals surface area contributed by atoms with Crippen LogP contribution < -0.4 is 5.73 Å². The lowest BCUT2D eigenvalue weighted by Crippen LogP contribution is -2.51. The number of carbonyl (C=O) groups is 1. The number of amides is 1. The molecule has 1 amide bonds. The number of hydrogen-bond donors (Lipinski definition) is 1. The summed E-state index contributed by atoms with van der Waals surface area (Å²) in [5, 5.41) is 0. The Bertz CT molecular complexity index is 587. The van der Waals surface area contributed by atoms with Gasteiger partial charge in [0.1, 0.15) is 5.82 Å². The second-order valence-electron chi connectivity index (χ2n) is 7.19. The zero-order valence-electron chi connectivity index (χ0n) is 14.3. The van der Waals surface area contributed by atoms with Crippen molar-refractivity contribution in [2.24, 2.45) is 11.7 Å². The molecule has 2 atom stereocenters. The fourth-order valence-electron chi connectivity index (χ4n) is 3.36. The minimum absolute atomic E-state index is 0.0551. The van der Waals surface area contributed by atoms with Crippen LogP contribution in [-0.2, 0) is 11.3 Å². The number of ether oxygens (including phenoxy) is 1. The SMILES string of the molecule is C[C@H](N)[C@H]1CCCCN1C(=O)c1ccc(F)c(COCC2CC2)c1. The molecule has 1 aromatic carbocycles. The molecule has 1 aromatic rings. The average molecular weight is 334 g/mol. The van der Waals surface area contributed by atoms with Gasteiger partial charge in [0.05, 0.1) is 6.61 Å². The Kier molecular flexibility index (Phi) is 5.51. The predicted molar refractivity (Wildman–Crippen MR) is 91.1 cm³/mol. The zero-order chi connectivity index (χ0) is 17.1. The van der Waals surface area contributed by atoms with Crippen LogP contribution in [0.4, 0.5) is 4.39 Å². The molecule has 132 valence electrons. The van der Waals surface area contributed by atoms with E-state index in [1.54, 1.807) is 12.1 Å². The highest BCUT2D eigenvalue weighted by molar-refractivity contribution is 5.94. The molecule has 0 spiro atoms. The smallest absolute Gasteiger partial charge is 0.254 e. The summed E-state index contributed by atoms with van der Waals surface area (Å²) < 4.78 is 19.6. The van der Waals surface area contributed by atoms with Crippen LogP contribution in [0.2, 0.25) is 0 Å². The van der Waals surface area contributed by atoms with Gasteiger partial charge in [-0.15, -0.1) is 0 Å². The molecule has 1 aliphatic carbocycles. The molecule has 0 bridgehead atoms. The first-order chi connectivity index (χ1) is 11.6. The molecular weight excluding hydrogens is 307 g/mol. The van der Waals surface area contributed by atoms with Crippen LogP contribution in [0, 0.1) is 11.7 Å². The summed E-state index contributed by atoms with van der Waals surface area (Å²) in [4.78, 5) is 14.7. The maximum absolute atomic E-state index is 14.0. The Morgan fingerprint density at radius 1 is 1.38 bits per heavy atom. The van der Waals surface area contributed by atoms with Crippen molar-refractivity contribution in [3.63, 3.8) is 0 Å². The largest absolute Gasteiger partial charge is 0.376 e. The zero-order valence-corrected chi connectivity index (χ0v) is 14.3. The summed E-state index contributed by atoms with van der Waals surface area (Å²) in [6.07, 6.45) is 5.43.